The van der Waals surface area contributed by atoms with Gasteiger partial charge in [0.2, 0.25) is 0 Å². The van der Waals surface area contributed by atoms with Crippen LogP contribution in [0.5, 0.6) is 0 Å². The number of fused-ring (bicyclic) bond motifs is 1. The number of rotatable bonds is 2. The number of halogens is 2. The first-order valence-electron chi connectivity index (χ1n) is 4.76. The molecule has 0 spiro atoms. The number of nitrogens with zero attached hydrogens (tertiary/aromatic N) is 3. The molecule has 0 amide bonds. The molecule has 80 valence electrons. The van der Waals surface area contributed by atoms with Gasteiger partial charge in [0.25, 0.3) is 0 Å². The van der Waals surface area contributed by atoms with Crippen LogP contribution in [0.2, 0.25) is 5.15 Å². The van der Waals surface area contributed by atoms with E-state index in [9.17, 15) is 0 Å². The van der Waals surface area contributed by atoms with Crippen molar-refractivity contribution >= 4 is 33.2 Å². The maximum absolute atomic E-state index is 5.85. The van der Waals surface area contributed by atoms with Gasteiger partial charge in [0.05, 0.1) is 16.4 Å². The molecule has 0 fully saturated rings. The molecule has 0 aliphatic carbocycles. The summed E-state index contributed by atoms with van der Waals surface area (Å²) in [5.74, 6) is 0.587. The Morgan fingerprint density at radius 2 is 2.27 bits per heavy atom. The van der Waals surface area contributed by atoms with E-state index in [-0.39, 0.29) is 0 Å². The molecule has 0 N–H and O–H groups in total. The van der Waals surface area contributed by atoms with Gasteiger partial charge in [0.1, 0.15) is 0 Å². The summed E-state index contributed by atoms with van der Waals surface area (Å²) in [5.41, 5.74) is 1.86. The largest absolute Gasteiger partial charge is 0.231 e. The zero-order chi connectivity index (χ0) is 11.0. The third kappa shape index (κ3) is 2.32. The summed E-state index contributed by atoms with van der Waals surface area (Å²) in [6.45, 7) is 4.33. The van der Waals surface area contributed by atoms with Crippen LogP contribution in [-0.2, 0) is 6.42 Å². The summed E-state index contributed by atoms with van der Waals surface area (Å²) in [6.07, 6.45) is 2.87. The lowest BCUT2D eigenvalue weighted by molar-refractivity contribution is 0.637. The Bertz CT molecular complexity index is 493. The zero-order valence-electron chi connectivity index (χ0n) is 8.54. The number of hydrogen-bond acceptors (Lipinski definition) is 2. The average molecular weight is 289 g/mol. The van der Waals surface area contributed by atoms with Gasteiger partial charge in [0.15, 0.2) is 10.8 Å². The molecule has 0 aliphatic rings. The van der Waals surface area contributed by atoms with Gasteiger partial charge >= 0.3 is 0 Å². The van der Waals surface area contributed by atoms with E-state index in [2.05, 4.69) is 39.9 Å². The first-order valence-corrected chi connectivity index (χ1v) is 5.93. The molecule has 0 aliphatic heterocycles. The summed E-state index contributed by atoms with van der Waals surface area (Å²) >= 11 is 9.27. The van der Waals surface area contributed by atoms with Gasteiger partial charge in [-0.3, -0.25) is 0 Å². The first-order chi connectivity index (χ1) is 7.06. The van der Waals surface area contributed by atoms with E-state index < -0.39 is 0 Å². The average Bonchev–Trinajstić information content (AvgIpc) is 2.45. The maximum Gasteiger partial charge on any atom is 0.168 e. The maximum atomic E-state index is 5.85. The first kappa shape index (κ1) is 10.9. The van der Waals surface area contributed by atoms with E-state index in [1.807, 2.05) is 6.20 Å². The molecular weight excluding hydrogens is 277 g/mol. The van der Waals surface area contributed by atoms with Crippen molar-refractivity contribution < 1.29 is 0 Å². The summed E-state index contributed by atoms with van der Waals surface area (Å²) in [4.78, 5) is 4.49. The lowest BCUT2D eigenvalue weighted by Gasteiger charge is -1.97. The Morgan fingerprint density at radius 3 is 2.93 bits per heavy atom. The van der Waals surface area contributed by atoms with Crippen LogP contribution in [0, 0.1) is 5.92 Å². The minimum atomic E-state index is 0.461. The summed E-state index contributed by atoms with van der Waals surface area (Å²) in [5, 5.41) is 4.62. The Hall–Kier alpha value is -0.610. The van der Waals surface area contributed by atoms with Crippen LogP contribution >= 0.6 is 27.5 Å². The fraction of sp³-hybridized carbons (Fsp3) is 0.400. The molecular formula is C10H11BrClN3. The van der Waals surface area contributed by atoms with Gasteiger partial charge in [-0.25, -0.2) is 9.50 Å². The van der Waals surface area contributed by atoms with E-state index >= 15 is 0 Å². The normalized spacial score (nSPS) is 11.5. The number of hydrogen-bond donors (Lipinski definition) is 0. The Kier molecular flexibility index (Phi) is 2.98. The monoisotopic (exact) mass is 287 g/mol. The third-order valence-electron chi connectivity index (χ3n) is 2.02. The standard InChI is InChI=1S/C10H11BrClN3/c1-6(2)3-7-5-15-10(13-7)8(11)4-9(12)14-15/h4-6H,3H2,1-2H3. The fourth-order valence-electron chi connectivity index (χ4n) is 1.48. The van der Waals surface area contributed by atoms with Crippen molar-refractivity contribution in [3.63, 3.8) is 0 Å². The van der Waals surface area contributed by atoms with E-state index in [0.717, 1.165) is 22.2 Å². The molecule has 0 aromatic carbocycles. The van der Waals surface area contributed by atoms with Gasteiger partial charge in [-0.05, 0) is 34.3 Å². The topological polar surface area (TPSA) is 30.2 Å². The van der Waals surface area contributed by atoms with E-state index in [4.69, 9.17) is 11.6 Å². The number of imidazole rings is 1. The van der Waals surface area contributed by atoms with Gasteiger partial charge < -0.3 is 0 Å². The van der Waals surface area contributed by atoms with Crippen molar-refractivity contribution in [3.05, 3.63) is 27.6 Å². The molecule has 3 nitrogen and oxygen atoms in total. The van der Waals surface area contributed by atoms with Crippen molar-refractivity contribution in [2.45, 2.75) is 20.3 Å². The fourth-order valence-corrected chi connectivity index (χ4v) is 2.28. The van der Waals surface area contributed by atoms with E-state index in [1.54, 1.807) is 10.6 Å². The van der Waals surface area contributed by atoms with Gasteiger partial charge in [-0.15, -0.1) is 0 Å². The summed E-state index contributed by atoms with van der Waals surface area (Å²) in [7, 11) is 0. The van der Waals surface area contributed by atoms with Crippen LogP contribution in [0.3, 0.4) is 0 Å². The minimum absolute atomic E-state index is 0.461. The Balaban J connectivity index is 2.50. The molecule has 0 saturated carbocycles. The highest BCUT2D eigenvalue weighted by molar-refractivity contribution is 9.10. The lowest BCUT2D eigenvalue weighted by Crippen LogP contribution is -1.93. The Labute approximate surface area is 102 Å². The Morgan fingerprint density at radius 1 is 1.53 bits per heavy atom. The van der Waals surface area contributed by atoms with Crippen molar-refractivity contribution in [1.29, 1.82) is 0 Å². The highest BCUT2D eigenvalue weighted by Crippen LogP contribution is 2.20. The molecule has 0 bridgehead atoms. The highest BCUT2D eigenvalue weighted by atomic mass is 79.9. The summed E-state index contributed by atoms with van der Waals surface area (Å²) < 4.78 is 2.59. The van der Waals surface area contributed by atoms with Crippen molar-refractivity contribution in [2.75, 3.05) is 0 Å². The predicted octanol–water partition coefficient (Wildman–Crippen LogP) is 3.34. The number of aromatic nitrogens is 3. The molecule has 2 rings (SSSR count). The van der Waals surface area contributed by atoms with E-state index in [0.29, 0.717) is 11.1 Å². The van der Waals surface area contributed by atoms with Gasteiger partial charge in [0, 0.05) is 0 Å². The van der Waals surface area contributed by atoms with Crippen LogP contribution in [0.4, 0.5) is 0 Å². The molecule has 0 atom stereocenters. The van der Waals surface area contributed by atoms with Crippen LogP contribution in [0.15, 0.2) is 16.7 Å². The summed E-state index contributed by atoms with van der Waals surface area (Å²) in [6, 6.07) is 1.75. The van der Waals surface area contributed by atoms with Crippen LogP contribution < -0.4 is 0 Å². The predicted molar refractivity (Wildman–Crippen MR) is 64.2 cm³/mol. The minimum Gasteiger partial charge on any atom is -0.231 e. The zero-order valence-corrected chi connectivity index (χ0v) is 10.9. The van der Waals surface area contributed by atoms with Crippen LogP contribution in [0.1, 0.15) is 19.5 Å². The third-order valence-corrected chi connectivity index (χ3v) is 2.79. The molecule has 5 heteroatoms. The second-order valence-corrected chi connectivity index (χ2v) is 5.15. The molecule has 2 aromatic rings. The van der Waals surface area contributed by atoms with Crippen LogP contribution in [0.25, 0.3) is 5.65 Å². The van der Waals surface area contributed by atoms with Crippen molar-refractivity contribution in [2.24, 2.45) is 5.92 Å². The molecule has 2 aromatic heterocycles. The smallest absolute Gasteiger partial charge is 0.168 e. The SMILES string of the molecule is CC(C)Cc1cn2nc(Cl)cc(Br)c2n1. The van der Waals surface area contributed by atoms with Crippen LogP contribution in [-0.4, -0.2) is 14.6 Å². The quantitative estimate of drug-likeness (QED) is 0.848. The molecule has 15 heavy (non-hydrogen) atoms. The van der Waals surface area contributed by atoms with E-state index in [1.165, 1.54) is 0 Å². The second kappa shape index (κ2) is 4.10. The van der Waals surface area contributed by atoms with Gasteiger partial charge in [-0.1, -0.05) is 25.4 Å². The highest BCUT2D eigenvalue weighted by Gasteiger charge is 2.08. The lowest BCUT2D eigenvalue weighted by atomic mass is 10.1. The van der Waals surface area contributed by atoms with Gasteiger partial charge in [-0.2, -0.15) is 5.10 Å². The van der Waals surface area contributed by atoms with Crippen molar-refractivity contribution in [3.8, 4) is 0 Å². The second-order valence-electron chi connectivity index (χ2n) is 3.91. The molecule has 0 unspecified atom stereocenters. The molecule has 0 saturated heterocycles. The molecule has 0 radical (unpaired) electrons. The molecule has 2 heterocycles. The van der Waals surface area contributed by atoms with Crippen molar-refractivity contribution in [1.82, 2.24) is 14.6 Å².